The van der Waals surface area contributed by atoms with Crippen LogP contribution in [0.4, 0.5) is 0 Å². The van der Waals surface area contributed by atoms with Crippen molar-refractivity contribution in [1.82, 2.24) is 5.32 Å². The van der Waals surface area contributed by atoms with Gasteiger partial charge in [-0.1, -0.05) is 0 Å². The second-order valence-electron chi connectivity index (χ2n) is 3.36. The van der Waals surface area contributed by atoms with Crippen LogP contribution >= 0.6 is 0 Å². The Kier molecular flexibility index (Phi) is 3.06. The molecule has 0 aliphatic carbocycles. The van der Waals surface area contributed by atoms with Crippen LogP contribution in [0.25, 0.3) is 0 Å². The summed E-state index contributed by atoms with van der Waals surface area (Å²) < 4.78 is 0. The van der Waals surface area contributed by atoms with Crippen LogP contribution in [0.5, 0.6) is 0 Å². The summed E-state index contributed by atoms with van der Waals surface area (Å²) in [5.41, 5.74) is -0.912. The maximum atomic E-state index is 11.2. The molecule has 0 aromatic rings. The molecule has 0 atom stereocenters. The largest absolute Gasteiger partial charge is 0.353 e. The van der Waals surface area contributed by atoms with Gasteiger partial charge in [-0.05, 0) is 27.7 Å². The third-order valence-electron chi connectivity index (χ3n) is 1.27. The van der Waals surface area contributed by atoms with E-state index in [1.165, 1.54) is 0 Å². The van der Waals surface area contributed by atoms with E-state index >= 15 is 0 Å². The Hall–Kier alpha value is -1.04. The highest BCUT2D eigenvalue weighted by atomic mass is 16.2. The number of carbonyl (C=O) groups excluding carboxylic acids is 1. The van der Waals surface area contributed by atoms with Gasteiger partial charge in [0.2, 0.25) is 5.91 Å². The van der Waals surface area contributed by atoms with Crippen molar-refractivity contribution in [1.29, 1.82) is 5.26 Å². The Morgan fingerprint density at radius 2 is 2.00 bits per heavy atom. The molecule has 0 aromatic carbocycles. The lowest BCUT2D eigenvalue weighted by Gasteiger charge is -2.16. The summed E-state index contributed by atoms with van der Waals surface area (Å²) in [5, 5.41) is 11.2. The van der Waals surface area contributed by atoms with Crippen LogP contribution in [-0.2, 0) is 4.79 Å². The van der Waals surface area contributed by atoms with Gasteiger partial charge in [0, 0.05) is 6.04 Å². The summed E-state index contributed by atoms with van der Waals surface area (Å²) >= 11 is 0. The molecule has 0 heterocycles. The van der Waals surface area contributed by atoms with Crippen molar-refractivity contribution in [3.63, 3.8) is 0 Å². The normalized spacial score (nSPS) is 10.9. The van der Waals surface area contributed by atoms with Crippen molar-refractivity contribution >= 4 is 5.91 Å². The topological polar surface area (TPSA) is 52.9 Å². The van der Waals surface area contributed by atoms with Crippen LogP contribution in [-0.4, -0.2) is 11.9 Å². The Morgan fingerprint density at radius 3 is 2.27 bits per heavy atom. The van der Waals surface area contributed by atoms with E-state index in [4.69, 9.17) is 5.26 Å². The van der Waals surface area contributed by atoms with Gasteiger partial charge in [0.1, 0.15) is 5.41 Å². The molecule has 0 aliphatic heterocycles. The van der Waals surface area contributed by atoms with Gasteiger partial charge >= 0.3 is 0 Å². The van der Waals surface area contributed by atoms with Crippen LogP contribution in [0.1, 0.15) is 27.7 Å². The number of hydrogen-bond acceptors (Lipinski definition) is 2. The predicted molar refractivity (Wildman–Crippen MR) is 42.7 cm³/mol. The van der Waals surface area contributed by atoms with Gasteiger partial charge in [0.05, 0.1) is 6.07 Å². The average molecular weight is 154 g/mol. The molecule has 0 aromatic heterocycles. The van der Waals surface area contributed by atoms with E-state index < -0.39 is 5.41 Å². The first kappa shape index (κ1) is 9.96. The Morgan fingerprint density at radius 1 is 1.55 bits per heavy atom. The number of nitriles is 1. The minimum Gasteiger partial charge on any atom is -0.353 e. The highest BCUT2D eigenvalue weighted by molar-refractivity contribution is 5.84. The highest BCUT2D eigenvalue weighted by Crippen LogP contribution is 2.12. The third kappa shape index (κ3) is 3.03. The number of rotatable bonds is 2. The molecule has 0 aliphatic rings. The molecular formula is C8H14N2O. The van der Waals surface area contributed by atoms with E-state index in [1.807, 2.05) is 19.9 Å². The van der Waals surface area contributed by atoms with Gasteiger partial charge in [-0.25, -0.2) is 0 Å². The maximum Gasteiger partial charge on any atom is 0.240 e. The molecule has 62 valence electrons. The van der Waals surface area contributed by atoms with Gasteiger partial charge in [0.15, 0.2) is 0 Å². The molecule has 0 rings (SSSR count). The fourth-order valence-electron chi connectivity index (χ4n) is 0.493. The van der Waals surface area contributed by atoms with Gasteiger partial charge in [-0.3, -0.25) is 4.79 Å². The molecule has 3 nitrogen and oxygen atoms in total. The summed E-state index contributed by atoms with van der Waals surface area (Å²) in [5.74, 6) is -0.213. The second-order valence-corrected chi connectivity index (χ2v) is 3.36. The molecule has 0 fully saturated rings. The zero-order valence-corrected chi connectivity index (χ0v) is 7.43. The first-order valence-corrected chi connectivity index (χ1v) is 3.62. The number of nitrogens with one attached hydrogen (secondary N) is 1. The third-order valence-corrected chi connectivity index (χ3v) is 1.27. The summed E-state index contributed by atoms with van der Waals surface area (Å²) in [6.07, 6.45) is 0. The summed E-state index contributed by atoms with van der Waals surface area (Å²) in [7, 11) is 0. The van der Waals surface area contributed by atoms with Gasteiger partial charge in [0.25, 0.3) is 0 Å². The summed E-state index contributed by atoms with van der Waals surface area (Å²) in [4.78, 5) is 11.2. The van der Waals surface area contributed by atoms with E-state index in [0.717, 1.165) is 0 Å². The van der Waals surface area contributed by atoms with E-state index in [9.17, 15) is 4.79 Å². The Balaban J connectivity index is 4.17. The minimum atomic E-state index is -0.912. The summed E-state index contributed by atoms with van der Waals surface area (Å²) in [6, 6.07) is 2.03. The maximum absolute atomic E-state index is 11.2. The van der Waals surface area contributed by atoms with Gasteiger partial charge in [-0.2, -0.15) is 5.26 Å². The standard InChI is InChI=1S/C8H14N2O/c1-6(2)10-7(11)8(3,4)5-9/h6H,1-4H3,(H,10,11). The van der Waals surface area contributed by atoms with Crippen molar-refractivity contribution in [2.24, 2.45) is 5.41 Å². The van der Waals surface area contributed by atoms with Crippen molar-refractivity contribution in [2.45, 2.75) is 33.7 Å². The molecule has 0 radical (unpaired) electrons. The van der Waals surface area contributed by atoms with E-state index in [0.29, 0.717) is 0 Å². The SMILES string of the molecule is CC(C)NC(=O)C(C)(C)C#N. The quantitative estimate of drug-likeness (QED) is 0.646. The van der Waals surface area contributed by atoms with Crippen molar-refractivity contribution in [2.75, 3.05) is 0 Å². The van der Waals surface area contributed by atoms with E-state index in [1.54, 1.807) is 13.8 Å². The van der Waals surface area contributed by atoms with E-state index in [2.05, 4.69) is 5.32 Å². The monoisotopic (exact) mass is 154 g/mol. The van der Waals surface area contributed by atoms with Crippen LogP contribution in [0, 0.1) is 16.7 Å². The number of amides is 1. The second kappa shape index (κ2) is 3.38. The molecule has 0 saturated heterocycles. The molecule has 3 heteroatoms. The number of hydrogen-bond donors (Lipinski definition) is 1. The fraction of sp³-hybridized carbons (Fsp3) is 0.750. The lowest BCUT2D eigenvalue weighted by atomic mass is 9.94. The van der Waals surface area contributed by atoms with Crippen LogP contribution in [0.15, 0.2) is 0 Å². The molecule has 1 amide bonds. The molecular weight excluding hydrogens is 140 g/mol. The smallest absolute Gasteiger partial charge is 0.240 e. The zero-order chi connectivity index (χ0) is 9.07. The predicted octanol–water partition coefficient (Wildman–Crippen LogP) is 1.06. The Labute approximate surface area is 67.4 Å². The molecule has 0 unspecified atom stereocenters. The van der Waals surface area contributed by atoms with Crippen molar-refractivity contribution in [3.8, 4) is 6.07 Å². The first-order chi connectivity index (χ1) is 4.90. The van der Waals surface area contributed by atoms with Crippen LogP contribution < -0.4 is 5.32 Å². The van der Waals surface area contributed by atoms with Gasteiger partial charge in [-0.15, -0.1) is 0 Å². The average Bonchev–Trinajstić information content (AvgIpc) is 1.86. The fourth-order valence-corrected chi connectivity index (χ4v) is 0.493. The minimum absolute atomic E-state index is 0.0927. The van der Waals surface area contributed by atoms with Gasteiger partial charge < -0.3 is 5.32 Å². The van der Waals surface area contributed by atoms with Crippen LogP contribution in [0.3, 0.4) is 0 Å². The highest BCUT2D eigenvalue weighted by Gasteiger charge is 2.27. The van der Waals surface area contributed by atoms with Crippen molar-refractivity contribution < 1.29 is 4.79 Å². The van der Waals surface area contributed by atoms with Crippen molar-refractivity contribution in [3.05, 3.63) is 0 Å². The lowest BCUT2D eigenvalue weighted by molar-refractivity contribution is -0.127. The summed E-state index contributed by atoms with van der Waals surface area (Å²) in [6.45, 7) is 6.94. The lowest BCUT2D eigenvalue weighted by Crippen LogP contribution is -2.39. The van der Waals surface area contributed by atoms with Crippen LogP contribution in [0.2, 0.25) is 0 Å². The zero-order valence-electron chi connectivity index (χ0n) is 7.43. The molecule has 1 N–H and O–H groups in total. The molecule has 11 heavy (non-hydrogen) atoms. The Bertz CT molecular complexity index is 189. The number of nitrogens with zero attached hydrogens (tertiary/aromatic N) is 1. The van der Waals surface area contributed by atoms with E-state index in [-0.39, 0.29) is 11.9 Å². The number of carbonyl (C=O) groups is 1. The first-order valence-electron chi connectivity index (χ1n) is 3.62. The molecule has 0 spiro atoms. The molecule has 0 saturated carbocycles. The molecule has 0 bridgehead atoms.